The van der Waals surface area contributed by atoms with Crippen molar-refractivity contribution in [2.24, 2.45) is 4.99 Å². The van der Waals surface area contributed by atoms with Gasteiger partial charge in [-0.25, -0.2) is 4.99 Å². The van der Waals surface area contributed by atoms with Gasteiger partial charge >= 0.3 is 0 Å². The third-order valence-corrected chi connectivity index (χ3v) is 4.93. The molecule has 0 aromatic heterocycles. The van der Waals surface area contributed by atoms with E-state index in [9.17, 15) is 9.59 Å². The zero-order valence-corrected chi connectivity index (χ0v) is 16.2. The molecular formula is C22H25NO2S. The maximum atomic E-state index is 12.7. The lowest BCUT2D eigenvalue weighted by Crippen LogP contribution is -2.16. The minimum atomic E-state index is -0.319. The van der Waals surface area contributed by atoms with E-state index in [1.807, 2.05) is 42.5 Å². The topological polar surface area (TPSA) is 46.5 Å². The van der Waals surface area contributed by atoms with Crippen LogP contribution in [0.25, 0.3) is 0 Å². The summed E-state index contributed by atoms with van der Waals surface area (Å²) in [5.41, 5.74) is 0.954. The second-order valence-electron chi connectivity index (χ2n) is 6.16. The summed E-state index contributed by atoms with van der Waals surface area (Å²) in [5.74, 6) is -0.465. The first-order chi connectivity index (χ1) is 12.6. The van der Waals surface area contributed by atoms with Crippen LogP contribution in [0.15, 0.2) is 69.4 Å². The average Bonchev–Trinajstić information content (AvgIpc) is 2.65. The molecule has 0 bridgehead atoms. The Bertz CT molecular complexity index is 751. The van der Waals surface area contributed by atoms with Gasteiger partial charge in [0, 0.05) is 22.3 Å². The molecule has 0 spiro atoms. The number of carbonyl (C=O) groups excluding carboxylic acids is 2. The summed E-state index contributed by atoms with van der Waals surface area (Å²) in [6, 6.07) is 17.6. The molecule has 0 fully saturated rings. The van der Waals surface area contributed by atoms with E-state index in [1.165, 1.54) is 6.92 Å². The van der Waals surface area contributed by atoms with Crippen LogP contribution in [0.1, 0.15) is 56.3 Å². The van der Waals surface area contributed by atoms with Crippen LogP contribution in [0.5, 0.6) is 0 Å². The molecular weight excluding hydrogens is 342 g/mol. The first-order valence-corrected chi connectivity index (χ1v) is 9.87. The van der Waals surface area contributed by atoms with Crippen LogP contribution in [0, 0.1) is 0 Å². The van der Waals surface area contributed by atoms with E-state index < -0.39 is 0 Å². The SMILES string of the molecule is CCCCCC/C(=N\C(C)=O)C(=O)c1ccc(Sc2ccccc2)cc1. The maximum Gasteiger partial charge on any atom is 0.242 e. The van der Waals surface area contributed by atoms with Gasteiger partial charge < -0.3 is 0 Å². The monoisotopic (exact) mass is 367 g/mol. The van der Waals surface area contributed by atoms with Gasteiger partial charge in [-0.1, -0.05) is 56.1 Å². The maximum absolute atomic E-state index is 12.7. The number of carbonyl (C=O) groups is 2. The highest BCUT2D eigenvalue weighted by molar-refractivity contribution is 7.99. The van der Waals surface area contributed by atoms with Crippen LogP contribution in [0.2, 0.25) is 0 Å². The predicted octanol–water partition coefficient (Wildman–Crippen LogP) is 5.98. The number of hydrogen-bond donors (Lipinski definition) is 0. The van der Waals surface area contributed by atoms with E-state index in [1.54, 1.807) is 11.8 Å². The molecule has 0 heterocycles. The Balaban J connectivity index is 2.06. The number of hydrogen-bond acceptors (Lipinski definition) is 3. The molecule has 4 heteroatoms. The van der Waals surface area contributed by atoms with Crippen molar-refractivity contribution in [1.82, 2.24) is 0 Å². The van der Waals surface area contributed by atoms with Crippen molar-refractivity contribution in [3.05, 3.63) is 60.2 Å². The number of nitrogens with zero attached hydrogens (tertiary/aromatic N) is 1. The second-order valence-corrected chi connectivity index (χ2v) is 7.30. The fourth-order valence-electron chi connectivity index (χ4n) is 2.60. The molecule has 2 aromatic rings. The van der Waals surface area contributed by atoms with Gasteiger partial charge in [0.2, 0.25) is 11.7 Å². The third-order valence-electron chi connectivity index (χ3n) is 3.92. The van der Waals surface area contributed by atoms with E-state index in [2.05, 4.69) is 24.0 Å². The molecule has 0 unspecified atom stereocenters. The van der Waals surface area contributed by atoms with E-state index >= 15 is 0 Å². The number of Topliss-reactive ketones (excluding diaryl/α,β-unsaturated/α-hetero) is 1. The minimum absolute atomic E-state index is 0.145. The Morgan fingerprint density at radius 3 is 2.15 bits per heavy atom. The molecule has 3 nitrogen and oxygen atoms in total. The number of aliphatic imine (C=N–C) groups is 1. The molecule has 26 heavy (non-hydrogen) atoms. The minimum Gasteiger partial charge on any atom is -0.287 e. The summed E-state index contributed by atoms with van der Waals surface area (Å²) < 4.78 is 0. The van der Waals surface area contributed by atoms with Crippen molar-refractivity contribution in [2.75, 3.05) is 0 Å². The largest absolute Gasteiger partial charge is 0.287 e. The van der Waals surface area contributed by atoms with Crippen LogP contribution in [0.3, 0.4) is 0 Å². The van der Waals surface area contributed by atoms with Gasteiger partial charge in [-0.05, 0) is 49.2 Å². The number of ketones is 1. The van der Waals surface area contributed by atoms with Crippen LogP contribution in [0.4, 0.5) is 0 Å². The van der Waals surface area contributed by atoms with Gasteiger partial charge in [0.1, 0.15) is 0 Å². The van der Waals surface area contributed by atoms with E-state index in [4.69, 9.17) is 0 Å². The van der Waals surface area contributed by atoms with Gasteiger partial charge in [-0.2, -0.15) is 0 Å². The Morgan fingerprint density at radius 2 is 1.54 bits per heavy atom. The normalized spacial score (nSPS) is 11.4. The Hall–Kier alpha value is -2.20. The number of rotatable bonds is 9. The molecule has 1 amide bonds. The molecule has 0 radical (unpaired) electrons. The molecule has 0 saturated heterocycles. The summed E-state index contributed by atoms with van der Waals surface area (Å²) in [7, 11) is 0. The van der Waals surface area contributed by atoms with Crippen molar-refractivity contribution >= 4 is 29.2 Å². The summed E-state index contributed by atoms with van der Waals surface area (Å²) in [6.45, 7) is 3.53. The average molecular weight is 368 g/mol. The second kappa shape index (κ2) is 10.7. The van der Waals surface area contributed by atoms with Crippen molar-refractivity contribution < 1.29 is 9.59 Å². The van der Waals surface area contributed by atoms with Gasteiger partial charge in [-0.15, -0.1) is 0 Å². The van der Waals surface area contributed by atoms with Gasteiger partial charge in [0.25, 0.3) is 0 Å². The van der Waals surface area contributed by atoms with Gasteiger partial charge in [-0.3, -0.25) is 9.59 Å². The van der Waals surface area contributed by atoms with Gasteiger partial charge in [0.05, 0.1) is 5.71 Å². The standard InChI is InChI=1S/C22H25NO2S/c1-3-4-5-9-12-21(23-17(2)24)22(25)18-13-15-20(16-14-18)26-19-10-7-6-8-11-19/h6-8,10-11,13-16H,3-5,9,12H2,1-2H3/b23-21+. The lowest BCUT2D eigenvalue weighted by Gasteiger charge is -2.07. The summed E-state index contributed by atoms with van der Waals surface area (Å²) in [6.07, 6.45) is 4.75. The Morgan fingerprint density at radius 1 is 0.885 bits per heavy atom. The molecule has 136 valence electrons. The first-order valence-electron chi connectivity index (χ1n) is 9.06. The summed E-state index contributed by atoms with van der Waals surface area (Å²) in [4.78, 5) is 30.3. The van der Waals surface area contributed by atoms with Gasteiger partial charge in [0.15, 0.2) is 0 Å². The molecule has 2 aromatic carbocycles. The fourth-order valence-corrected chi connectivity index (χ4v) is 3.43. The summed E-state index contributed by atoms with van der Waals surface area (Å²) in [5, 5.41) is 0. The van der Waals surface area contributed by atoms with Crippen LogP contribution < -0.4 is 0 Å². The van der Waals surface area contributed by atoms with Crippen LogP contribution in [-0.2, 0) is 4.79 Å². The zero-order valence-electron chi connectivity index (χ0n) is 15.4. The quantitative estimate of drug-likeness (QED) is 0.311. The highest BCUT2D eigenvalue weighted by Crippen LogP contribution is 2.27. The molecule has 0 atom stereocenters. The van der Waals surface area contributed by atoms with Crippen molar-refractivity contribution in [2.45, 2.75) is 55.7 Å². The van der Waals surface area contributed by atoms with E-state index in [-0.39, 0.29) is 11.7 Å². The molecule has 0 aliphatic heterocycles. The molecule has 0 N–H and O–H groups in total. The highest BCUT2D eigenvalue weighted by atomic mass is 32.2. The fraction of sp³-hybridized carbons (Fsp3) is 0.318. The van der Waals surface area contributed by atoms with E-state index in [0.717, 1.165) is 35.5 Å². The number of amides is 1. The molecule has 0 aliphatic carbocycles. The smallest absolute Gasteiger partial charge is 0.242 e. The number of benzene rings is 2. The van der Waals surface area contributed by atoms with E-state index in [0.29, 0.717) is 17.7 Å². The molecule has 0 saturated carbocycles. The molecule has 2 rings (SSSR count). The zero-order chi connectivity index (χ0) is 18.8. The predicted molar refractivity (Wildman–Crippen MR) is 108 cm³/mol. The first kappa shape index (κ1) is 20.1. The van der Waals surface area contributed by atoms with Crippen molar-refractivity contribution in [1.29, 1.82) is 0 Å². The number of unbranched alkanes of at least 4 members (excludes halogenated alkanes) is 3. The van der Waals surface area contributed by atoms with Crippen LogP contribution >= 0.6 is 11.8 Å². The van der Waals surface area contributed by atoms with Crippen molar-refractivity contribution in [3.8, 4) is 0 Å². The Labute approximate surface area is 159 Å². The lowest BCUT2D eigenvalue weighted by atomic mass is 10.0. The third kappa shape index (κ3) is 6.60. The highest BCUT2D eigenvalue weighted by Gasteiger charge is 2.15. The lowest BCUT2D eigenvalue weighted by molar-refractivity contribution is -0.115. The van der Waals surface area contributed by atoms with Crippen LogP contribution in [-0.4, -0.2) is 17.4 Å². The summed E-state index contributed by atoms with van der Waals surface area (Å²) >= 11 is 1.65. The van der Waals surface area contributed by atoms with Crippen molar-refractivity contribution in [3.63, 3.8) is 0 Å². The molecule has 0 aliphatic rings. The Kier molecular flexibility index (Phi) is 8.29.